The van der Waals surface area contributed by atoms with E-state index < -0.39 is 18.9 Å². The molecular formula is C39H48Cl2N4O2Sn. The number of aromatic nitrogens is 4. The third kappa shape index (κ3) is 5.98. The molecule has 0 aromatic carbocycles. The van der Waals surface area contributed by atoms with Gasteiger partial charge in [0.15, 0.2) is 0 Å². The average Bonchev–Trinajstić information content (AvgIpc) is 3.85. The van der Waals surface area contributed by atoms with Gasteiger partial charge in [0.25, 0.3) is 6.47 Å². The van der Waals surface area contributed by atoms with E-state index in [9.17, 15) is 4.79 Å². The van der Waals surface area contributed by atoms with Crippen molar-refractivity contribution in [2.45, 2.75) is 112 Å². The van der Waals surface area contributed by atoms with Crippen LogP contribution in [0.25, 0.3) is 39.4 Å². The van der Waals surface area contributed by atoms with Gasteiger partial charge in [-0.2, -0.15) is 0 Å². The quantitative estimate of drug-likeness (QED) is 0.185. The van der Waals surface area contributed by atoms with E-state index in [-0.39, 0.29) is 17.9 Å². The number of carbonyl (C=O) groups excluding carboxylic acids is 1. The standard InChI is InChI=1S/C39H48N4O2.2ClH.Sn/c1-9-24-25(10-2)33-18-34-26(11-3)27(12-4)35(41-34)19-36-28(13-5)29(14-6)37(42-36)30-16-23(20-45-21-44)39(15-7)22(8)31(43-38(30)39)17-32(24)40-33;;;/h16-19,21-22,41,43H,9-15,20H2,1-8H3;2*1H;/q;;;+2/p-2. The number of hydrogen-bond acceptors (Lipinski definition) is 4. The predicted molar refractivity (Wildman–Crippen MR) is 204 cm³/mol. The molecule has 2 unspecified atom stereocenters. The summed E-state index contributed by atoms with van der Waals surface area (Å²) in [5, 5.41) is 0. The molecule has 2 N–H and O–H groups in total. The molecule has 6 nitrogen and oxygen atoms in total. The van der Waals surface area contributed by atoms with Crippen molar-refractivity contribution in [3.05, 3.63) is 74.6 Å². The van der Waals surface area contributed by atoms with Crippen molar-refractivity contribution in [1.29, 1.82) is 0 Å². The third-order valence-corrected chi connectivity index (χ3v) is 10.9. The van der Waals surface area contributed by atoms with Gasteiger partial charge in [0.05, 0.1) is 22.8 Å². The molecule has 5 heterocycles. The molecule has 0 saturated carbocycles. The molecule has 0 amide bonds. The Hall–Kier alpha value is -2.55. The van der Waals surface area contributed by atoms with Crippen molar-refractivity contribution in [2.75, 3.05) is 6.61 Å². The number of H-pyrrole nitrogens is 2. The molecule has 0 saturated heterocycles. The van der Waals surface area contributed by atoms with E-state index in [1.807, 2.05) is 0 Å². The second-order valence-corrected chi connectivity index (χ2v) is 16.9. The van der Waals surface area contributed by atoms with E-state index >= 15 is 0 Å². The molecule has 2 aromatic heterocycles. The molecule has 1 aliphatic carbocycles. The molecule has 3 aliphatic heterocycles. The van der Waals surface area contributed by atoms with Gasteiger partial charge in [-0.1, -0.05) is 55.4 Å². The van der Waals surface area contributed by atoms with Crippen molar-refractivity contribution < 1.29 is 9.53 Å². The van der Waals surface area contributed by atoms with Gasteiger partial charge in [0, 0.05) is 39.3 Å². The predicted octanol–water partition coefficient (Wildman–Crippen LogP) is 10.6. The van der Waals surface area contributed by atoms with Gasteiger partial charge in [-0.3, -0.25) is 4.79 Å². The second-order valence-electron chi connectivity index (χ2n) is 12.7. The van der Waals surface area contributed by atoms with Crippen LogP contribution in [0.5, 0.6) is 0 Å². The number of rotatable bonds is 10. The summed E-state index contributed by atoms with van der Waals surface area (Å²) in [6.45, 7) is 18.8. The molecule has 8 bridgehead atoms. The maximum absolute atomic E-state index is 11.4. The SMILES string of the molecule is CCC1=C(CC)c2cc3[nH]c(cc4nc(c5c6[nH]c(cc1n2)C(C)C6(CC)C(COC=O)=C5)C(CC)=C4CC)c(CC)c3CC.[Cl][Sn][Cl]. The molecular weight excluding hydrogens is 746 g/mol. The fourth-order valence-electron chi connectivity index (χ4n) is 8.69. The van der Waals surface area contributed by atoms with Crippen molar-refractivity contribution in [3.8, 4) is 0 Å². The van der Waals surface area contributed by atoms with Crippen molar-refractivity contribution in [2.24, 2.45) is 0 Å². The molecule has 2 radical (unpaired) electrons. The minimum absolute atomic E-state index is 0.146. The van der Waals surface area contributed by atoms with Gasteiger partial charge in [0.1, 0.15) is 6.61 Å². The normalized spacial score (nSPS) is 18.9. The van der Waals surface area contributed by atoms with Gasteiger partial charge in [-0.05, 0) is 108 Å². The van der Waals surface area contributed by atoms with Crippen molar-refractivity contribution >= 4 is 82.6 Å². The van der Waals surface area contributed by atoms with Crippen LogP contribution >= 0.6 is 17.8 Å². The van der Waals surface area contributed by atoms with E-state index in [1.54, 1.807) is 0 Å². The van der Waals surface area contributed by atoms with Crippen LogP contribution in [0.15, 0.2) is 23.8 Å². The molecule has 254 valence electrons. The molecule has 6 rings (SSSR count). The Balaban J connectivity index is 0.00000145. The Morgan fingerprint density at radius 3 is 1.81 bits per heavy atom. The Kier molecular flexibility index (Phi) is 11.9. The number of aryl methyl sites for hydroxylation is 2. The molecule has 0 spiro atoms. The van der Waals surface area contributed by atoms with E-state index in [0.717, 1.165) is 95.6 Å². The third-order valence-electron chi connectivity index (χ3n) is 10.9. The fraction of sp³-hybridized carbons (Fsp3) is 0.462. The zero-order valence-electron chi connectivity index (χ0n) is 29.6. The Bertz CT molecular complexity index is 1880. The molecule has 4 aliphatic rings. The van der Waals surface area contributed by atoms with Crippen LogP contribution in [0.3, 0.4) is 0 Å². The average molecular weight is 794 g/mol. The summed E-state index contributed by atoms with van der Waals surface area (Å²) in [5.74, 6) is 0.146. The number of fused-ring (bicyclic) bond motifs is 8. The number of aromatic amines is 2. The maximum atomic E-state index is 11.4. The monoisotopic (exact) mass is 794 g/mol. The summed E-state index contributed by atoms with van der Waals surface area (Å²) < 4.78 is 5.47. The van der Waals surface area contributed by atoms with Crippen molar-refractivity contribution in [1.82, 2.24) is 19.9 Å². The van der Waals surface area contributed by atoms with Crippen LogP contribution in [0.4, 0.5) is 0 Å². The molecule has 2 atom stereocenters. The first kappa shape index (κ1) is 36.7. The minimum atomic E-state index is -0.826. The first-order valence-corrected chi connectivity index (χ1v) is 24.8. The van der Waals surface area contributed by atoms with E-state index in [4.69, 9.17) is 32.5 Å². The molecule has 9 heteroatoms. The van der Waals surface area contributed by atoms with Gasteiger partial charge in [-0.15, -0.1) is 0 Å². The zero-order valence-corrected chi connectivity index (χ0v) is 34.0. The molecule has 0 fully saturated rings. The number of nitrogens with one attached hydrogen (secondary N) is 2. The number of carbonyl (C=O) groups is 1. The zero-order chi connectivity index (χ0) is 34.7. The van der Waals surface area contributed by atoms with Crippen molar-refractivity contribution in [3.63, 3.8) is 0 Å². The summed E-state index contributed by atoms with van der Waals surface area (Å²) in [6, 6.07) is 6.86. The van der Waals surface area contributed by atoms with Crippen LogP contribution < -0.4 is 0 Å². The van der Waals surface area contributed by atoms with Crippen LogP contribution in [-0.2, 0) is 27.8 Å². The summed E-state index contributed by atoms with van der Waals surface area (Å²) in [5.41, 5.74) is 18.8. The number of allylic oxidation sites excluding steroid dienone is 4. The summed E-state index contributed by atoms with van der Waals surface area (Å²) in [7, 11) is 9.87. The number of nitrogens with zero attached hydrogens (tertiary/aromatic N) is 2. The summed E-state index contributed by atoms with van der Waals surface area (Å²) in [4.78, 5) is 30.0. The number of halogens is 2. The first-order chi connectivity index (χ1) is 23.3. The van der Waals surface area contributed by atoms with Crippen LogP contribution in [0.2, 0.25) is 0 Å². The summed E-state index contributed by atoms with van der Waals surface area (Å²) >= 11 is -0.826. The molecule has 48 heavy (non-hydrogen) atoms. The topological polar surface area (TPSA) is 83.7 Å². The second kappa shape index (κ2) is 15.6. The van der Waals surface area contributed by atoms with Crippen LogP contribution in [-0.4, -0.2) is 51.9 Å². The molecule has 2 aromatic rings. The van der Waals surface area contributed by atoms with E-state index in [2.05, 4.69) is 89.6 Å². The van der Waals surface area contributed by atoms with Gasteiger partial charge < -0.3 is 14.7 Å². The Morgan fingerprint density at radius 2 is 1.31 bits per heavy atom. The number of ether oxygens (including phenoxy) is 1. The van der Waals surface area contributed by atoms with Gasteiger partial charge >= 0.3 is 36.7 Å². The number of hydrogen-bond donors (Lipinski definition) is 2. The Labute approximate surface area is 303 Å². The van der Waals surface area contributed by atoms with Crippen LogP contribution in [0.1, 0.15) is 144 Å². The van der Waals surface area contributed by atoms with Gasteiger partial charge in [0.2, 0.25) is 0 Å². The van der Waals surface area contributed by atoms with E-state index in [0.29, 0.717) is 6.47 Å². The summed E-state index contributed by atoms with van der Waals surface area (Å²) in [6.07, 6.45) is 8.69. The van der Waals surface area contributed by atoms with E-state index in [1.165, 1.54) is 39.1 Å². The van der Waals surface area contributed by atoms with Gasteiger partial charge in [-0.25, -0.2) is 9.97 Å². The fourth-order valence-corrected chi connectivity index (χ4v) is 8.69. The Morgan fingerprint density at radius 1 is 0.792 bits per heavy atom. The first-order valence-electron chi connectivity index (χ1n) is 17.5. The van der Waals surface area contributed by atoms with Crippen LogP contribution in [0, 0.1) is 0 Å².